The molecule has 2 saturated heterocycles. The predicted octanol–water partition coefficient (Wildman–Crippen LogP) is 2.55. The van der Waals surface area contributed by atoms with E-state index in [9.17, 15) is 0 Å². The molecule has 0 aliphatic carbocycles. The lowest BCUT2D eigenvalue weighted by atomic mass is 9.90. The first-order valence-electron chi connectivity index (χ1n) is 8.38. The van der Waals surface area contributed by atoms with Crippen LogP contribution in [0.1, 0.15) is 18.6 Å². The molecule has 122 valence electrons. The fourth-order valence-electron chi connectivity index (χ4n) is 3.76. The van der Waals surface area contributed by atoms with Gasteiger partial charge in [-0.2, -0.15) is 0 Å². The summed E-state index contributed by atoms with van der Waals surface area (Å²) < 4.78 is 11.8. The van der Waals surface area contributed by atoms with Gasteiger partial charge in [0.25, 0.3) is 0 Å². The molecule has 5 heteroatoms. The zero-order valence-corrected chi connectivity index (χ0v) is 13.4. The molecule has 0 amide bonds. The fraction of sp³-hybridized carbons (Fsp3) is 0.500. The Kier molecular flexibility index (Phi) is 4.06. The maximum atomic E-state index is 6.27. The van der Waals surface area contributed by atoms with Crippen molar-refractivity contribution < 1.29 is 9.15 Å². The number of pyridine rings is 1. The standard InChI is InChI=1S/C18H23N3O2/c1-2-8-19-17(6-1)21-9-4-7-18(15-21)14-20(10-12-23-18)13-16-5-3-11-22-16/h1-3,5-6,8,11H,4,7,9-10,12-15H2. The largest absolute Gasteiger partial charge is 0.468 e. The monoisotopic (exact) mass is 313 g/mol. The molecule has 0 aromatic carbocycles. The maximum absolute atomic E-state index is 6.27. The van der Waals surface area contributed by atoms with Gasteiger partial charge in [0.05, 0.1) is 25.0 Å². The summed E-state index contributed by atoms with van der Waals surface area (Å²) in [7, 11) is 0. The molecule has 2 aliphatic heterocycles. The van der Waals surface area contributed by atoms with E-state index in [2.05, 4.69) is 26.9 Å². The van der Waals surface area contributed by atoms with Gasteiger partial charge in [0.2, 0.25) is 0 Å². The number of morpholine rings is 1. The highest BCUT2D eigenvalue weighted by molar-refractivity contribution is 5.39. The number of hydrogen-bond acceptors (Lipinski definition) is 5. The van der Waals surface area contributed by atoms with Crippen molar-refractivity contribution in [2.45, 2.75) is 25.0 Å². The maximum Gasteiger partial charge on any atom is 0.128 e. The van der Waals surface area contributed by atoms with Crippen molar-refractivity contribution in [3.05, 3.63) is 48.6 Å². The zero-order valence-electron chi connectivity index (χ0n) is 13.4. The van der Waals surface area contributed by atoms with Gasteiger partial charge in [0.1, 0.15) is 11.6 Å². The Balaban J connectivity index is 1.46. The van der Waals surface area contributed by atoms with Crippen LogP contribution < -0.4 is 4.90 Å². The van der Waals surface area contributed by atoms with Crippen molar-refractivity contribution in [3.63, 3.8) is 0 Å². The van der Waals surface area contributed by atoms with Gasteiger partial charge in [0, 0.05) is 32.4 Å². The van der Waals surface area contributed by atoms with E-state index in [-0.39, 0.29) is 5.60 Å². The highest BCUT2D eigenvalue weighted by Gasteiger charge is 2.40. The zero-order chi connectivity index (χ0) is 15.5. The number of aromatic nitrogens is 1. The Morgan fingerprint density at radius 1 is 1.13 bits per heavy atom. The molecule has 4 heterocycles. The van der Waals surface area contributed by atoms with Crippen LogP contribution in [-0.2, 0) is 11.3 Å². The minimum absolute atomic E-state index is 0.0827. The van der Waals surface area contributed by atoms with Crippen LogP contribution in [0.15, 0.2) is 47.2 Å². The van der Waals surface area contributed by atoms with Gasteiger partial charge in [0.15, 0.2) is 0 Å². The van der Waals surface area contributed by atoms with E-state index in [1.165, 1.54) is 0 Å². The molecule has 0 saturated carbocycles. The number of anilines is 1. The van der Waals surface area contributed by atoms with Crippen LogP contribution >= 0.6 is 0 Å². The third kappa shape index (κ3) is 3.26. The normalized spacial score (nSPS) is 25.8. The molecule has 1 spiro atoms. The third-order valence-corrected chi connectivity index (χ3v) is 4.80. The van der Waals surface area contributed by atoms with Crippen LogP contribution in [0.5, 0.6) is 0 Å². The lowest BCUT2D eigenvalue weighted by molar-refractivity contribution is -0.117. The summed E-state index contributed by atoms with van der Waals surface area (Å²) in [5.74, 6) is 2.08. The number of furan rings is 1. The van der Waals surface area contributed by atoms with Crippen LogP contribution in [0.2, 0.25) is 0 Å². The van der Waals surface area contributed by atoms with Gasteiger partial charge >= 0.3 is 0 Å². The van der Waals surface area contributed by atoms with Crippen LogP contribution in [0.3, 0.4) is 0 Å². The van der Waals surface area contributed by atoms with Crippen LogP contribution in [-0.4, -0.2) is 48.3 Å². The average molecular weight is 313 g/mol. The van der Waals surface area contributed by atoms with Crippen molar-refractivity contribution in [1.82, 2.24) is 9.88 Å². The van der Waals surface area contributed by atoms with E-state index in [4.69, 9.17) is 9.15 Å². The molecule has 2 aliphatic rings. The van der Waals surface area contributed by atoms with Crippen molar-refractivity contribution in [1.29, 1.82) is 0 Å². The van der Waals surface area contributed by atoms with E-state index in [1.54, 1.807) is 6.26 Å². The molecular weight excluding hydrogens is 290 g/mol. The first-order valence-corrected chi connectivity index (χ1v) is 8.38. The number of hydrogen-bond donors (Lipinski definition) is 0. The molecule has 0 bridgehead atoms. The van der Waals surface area contributed by atoms with Gasteiger partial charge in [-0.1, -0.05) is 6.07 Å². The first-order chi connectivity index (χ1) is 11.3. The Morgan fingerprint density at radius 3 is 2.96 bits per heavy atom. The molecule has 0 N–H and O–H groups in total. The molecule has 1 unspecified atom stereocenters. The molecule has 2 aromatic rings. The number of piperidine rings is 1. The number of ether oxygens (including phenoxy) is 1. The summed E-state index contributed by atoms with van der Waals surface area (Å²) in [4.78, 5) is 9.31. The molecule has 23 heavy (non-hydrogen) atoms. The van der Waals surface area contributed by atoms with Crippen LogP contribution in [0.4, 0.5) is 5.82 Å². The molecule has 2 aromatic heterocycles. The molecular formula is C18H23N3O2. The SMILES string of the molecule is c1ccc(N2CCCC3(CN(Cc4ccco4)CCO3)C2)nc1. The van der Waals surface area contributed by atoms with Gasteiger partial charge in [-0.05, 0) is 37.1 Å². The van der Waals surface area contributed by atoms with E-state index in [0.29, 0.717) is 0 Å². The van der Waals surface area contributed by atoms with Crippen LogP contribution in [0.25, 0.3) is 0 Å². The topological polar surface area (TPSA) is 41.7 Å². The molecule has 2 fully saturated rings. The minimum Gasteiger partial charge on any atom is -0.468 e. The molecule has 1 atom stereocenters. The quantitative estimate of drug-likeness (QED) is 0.871. The summed E-state index contributed by atoms with van der Waals surface area (Å²) in [6.45, 7) is 5.54. The average Bonchev–Trinajstić information content (AvgIpc) is 3.09. The lowest BCUT2D eigenvalue weighted by Crippen LogP contribution is -2.59. The summed E-state index contributed by atoms with van der Waals surface area (Å²) in [6, 6.07) is 10.1. The summed E-state index contributed by atoms with van der Waals surface area (Å²) in [5, 5.41) is 0. The van der Waals surface area contributed by atoms with Gasteiger partial charge < -0.3 is 14.1 Å². The highest BCUT2D eigenvalue weighted by atomic mass is 16.5. The Hall–Kier alpha value is -1.85. The van der Waals surface area contributed by atoms with Crippen molar-refractivity contribution in [2.75, 3.05) is 37.7 Å². The summed E-state index contributed by atoms with van der Waals surface area (Å²) in [6.07, 6.45) is 5.87. The second-order valence-electron chi connectivity index (χ2n) is 6.53. The second-order valence-corrected chi connectivity index (χ2v) is 6.53. The Bertz CT molecular complexity index is 612. The molecule has 0 radical (unpaired) electrons. The van der Waals surface area contributed by atoms with E-state index < -0.39 is 0 Å². The fourth-order valence-corrected chi connectivity index (χ4v) is 3.76. The van der Waals surface area contributed by atoms with Crippen molar-refractivity contribution in [2.24, 2.45) is 0 Å². The van der Waals surface area contributed by atoms with Gasteiger partial charge in [-0.3, -0.25) is 4.90 Å². The minimum atomic E-state index is -0.0827. The van der Waals surface area contributed by atoms with Gasteiger partial charge in [-0.15, -0.1) is 0 Å². The lowest BCUT2D eigenvalue weighted by Gasteiger charge is -2.48. The smallest absolute Gasteiger partial charge is 0.128 e. The van der Waals surface area contributed by atoms with Crippen LogP contribution in [0, 0.1) is 0 Å². The predicted molar refractivity (Wildman–Crippen MR) is 88.4 cm³/mol. The summed E-state index contributed by atoms with van der Waals surface area (Å²) >= 11 is 0. The highest BCUT2D eigenvalue weighted by Crippen LogP contribution is 2.31. The number of rotatable bonds is 3. The third-order valence-electron chi connectivity index (χ3n) is 4.80. The molecule has 4 rings (SSSR count). The second kappa shape index (κ2) is 6.34. The van der Waals surface area contributed by atoms with Gasteiger partial charge in [-0.25, -0.2) is 4.98 Å². The Morgan fingerprint density at radius 2 is 2.13 bits per heavy atom. The van der Waals surface area contributed by atoms with Crippen molar-refractivity contribution >= 4 is 5.82 Å². The van der Waals surface area contributed by atoms with E-state index >= 15 is 0 Å². The Labute approximate surface area is 136 Å². The molecule has 5 nitrogen and oxygen atoms in total. The first kappa shape index (κ1) is 14.7. The van der Waals surface area contributed by atoms with E-state index in [1.807, 2.05) is 24.4 Å². The summed E-state index contributed by atoms with van der Waals surface area (Å²) in [5.41, 5.74) is -0.0827. The van der Waals surface area contributed by atoms with Crippen molar-refractivity contribution in [3.8, 4) is 0 Å². The number of nitrogens with zero attached hydrogens (tertiary/aromatic N) is 3. The van der Waals surface area contributed by atoms with E-state index in [0.717, 1.165) is 63.8 Å².